The molecule has 0 aromatic heterocycles. The normalized spacial score (nSPS) is 13.4. The summed E-state index contributed by atoms with van der Waals surface area (Å²) in [5.41, 5.74) is 0.629. The van der Waals surface area contributed by atoms with E-state index < -0.39 is 29.9 Å². The zero-order valence-corrected chi connectivity index (χ0v) is 13.1. The number of ether oxygens (including phenoxy) is 2. The van der Waals surface area contributed by atoms with Crippen molar-refractivity contribution >= 4 is 11.9 Å². The summed E-state index contributed by atoms with van der Waals surface area (Å²) in [5.74, 6) is -2.91. The van der Waals surface area contributed by atoms with Crippen LogP contribution < -0.4 is 0 Å². The molecule has 0 aromatic rings. The molecule has 0 spiro atoms. The minimum Gasteiger partial charge on any atom is -0.465 e. The van der Waals surface area contributed by atoms with Gasteiger partial charge in [-0.3, -0.25) is 9.59 Å². The van der Waals surface area contributed by atoms with Crippen molar-refractivity contribution < 1.29 is 24.2 Å². The first-order valence-electron chi connectivity index (χ1n) is 7.16. The fourth-order valence-electron chi connectivity index (χ4n) is 2.09. The molecule has 0 saturated heterocycles. The van der Waals surface area contributed by atoms with Gasteiger partial charge in [-0.25, -0.2) is 0 Å². The molecule has 1 N–H and O–H groups in total. The number of carbonyl (C=O) groups is 2. The molecule has 21 heavy (non-hydrogen) atoms. The molecule has 0 saturated carbocycles. The van der Waals surface area contributed by atoms with Crippen molar-refractivity contribution in [3.05, 3.63) is 24.8 Å². The largest absolute Gasteiger partial charge is 0.465 e. The quantitative estimate of drug-likeness (QED) is 0.380. The molecule has 0 bridgehead atoms. The Morgan fingerprint density at radius 1 is 1.19 bits per heavy atom. The van der Waals surface area contributed by atoms with E-state index in [2.05, 4.69) is 13.2 Å². The van der Waals surface area contributed by atoms with E-state index in [1.165, 1.54) is 0 Å². The first kappa shape index (κ1) is 19.4. The third kappa shape index (κ3) is 6.58. The molecule has 0 amide bonds. The first-order chi connectivity index (χ1) is 9.88. The number of hydrogen-bond donors (Lipinski definition) is 1. The van der Waals surface area contributed by atoms with Gasteiger partial charge in [0, 0.05) is 5.92 Å². The monoisotopic (exact) mass is 298 g/mol. The van der Waals surface area contributed by atoms with Gasteiger partial charge in [0.25, 0.3) is 0 Å². The Labute approximate surface area is 126 Å². The van der Waals surface area contributed by atoms with Gasteiger partial charge in [-0.1, -0.05) is 18.2 Å². The highest BCUT2D eigenvalue weighted by atomic mass is 16.6. The van der Waals surface area contributed by atoms with Crippen LogP contribution in [0.15, 0.2) is 24.8 Å². The molecule has 0 aliphatic heterocycles. The molecule has 0 aromatic carbocycles. The van der Waals surface area contributed by atoms with Gasteiger partial charge in [0.1, 0.15) is 0 Å². The third-order valence-corrected chi connectivity index (χ3v) is 3.08. The van der Waals surface area contributed by atoms with Crippen molar-refractivity contribution in [1.29, 1.82) is 0 Å². The number of hydrogen-bond acceptors (Lipinski definition) is 5. The van der Waals surface area contributed by atoms with E-state index in [0.29, 0.717) is 12.0 Å². The van der Waals surface area contributed by atoms with Crippen LogP contribution in [0.1, 0.15) is 33.6 Å². The van der Waals surface area contributed by atoms with Gasteiger partial charge in [0.15, 0.2) is 5.92 Å². The summed E-state index contributed by atoms with van der Waals surface area (Å²) in [4.78, 5) is 24.2. The highest BCUT2D eigenvalue weighted by molar-refractivity contribution is 5.95. The maximum absolute atomic E-state index is 12.1. The zero-order chi connectivity index (χ0) is 16.4. The van der Waals surface area contributed by atoms with Crippen LogP contribution in [-0.2, 0) is 19.1 Å². The molecule has 0 radical (unpaired) electrons. The highest BCUT2D eigenvalue weighted by Gasteiger charge is 2.38. The maximum atomic E-state index is 12.1. The van der Waals surface area contributed by atoms with Crippen LogP contribution in [0, 0.1) is 11.8 Å². The van der Waals surface area contributed by atoms with Crippen molar-refractivity contribution in [2.75, 3.05) is 13.2 Å². The smallest absolute Gasteiger partial charge is 0.320 e. The number of rotatable bonds is 10. The van der Waals surface area contributed by atoms with E-state index in [-0.39, 0.29) is 19.6 Å². The SMILES string of the molecule is C=CC[C@@H](O)C[C@@H](C(=C)C)C(C(=O)OCC)C(=O)OCC. The van der Waals surface area contributed by atoms with E-state index in [0.717, 1.165) is 0 Å². The van der Waals surface area contributed by atoms with Crippen molar-refractivity contribution in [3.8, 4) is 0 Å². The van der Waals surface area contributed by atoms with Gasteiger partial charge in [-0.05, 0) is 33.6 Å². The Balaban J connectivity index is 5.26. The minimum atomic E-state index is -1.10. The molecule has 0 aliphatic carbocycles. The van der Waals surface area contributed by atoms with E-state index >= 15 is 0 Å². The van der Waals surface area contributed by atoms with Crippen LogP contribution in [0.2, 0.25) is 0 Å². The number of esters is 2. The number of aliphatic hydroxyl groups is 1. The summed E-state index contributed by atoms with van der Waals surface area (Å²) in [5, 5.41) is 9.92. The second-order valence-electron chi connectivity index (χ2n) is 4.85. The van der Waals surface area contributed by atoms with Gasteiger partial charge in [-0.15, -0.1) is 6.58 Å². The van der Waals surface area contributed by atoms with Crippen LogP contribution in [0.3, 0.4) is 0 Å². The fraction of sp³-hybridized carbons (Fsp3) is 0.625. The molecule has 120 valence electrons. The molecule has 0 aliphatic rings. The number of aliphatic hydroxyl groups excluding tert-OH is 1. The molecule has 5 heteroatoms. The average molecular weight is 298 g/mol. The molecular weight excluding hydrogens is 272 g/mol. The van der Waals surface area contributed by atoms with Crippen molar-refractivity contribution in [3.63, 3.8) is 0 Å². The lowest BCUT2D eigenvalue weighted by molar-refractivity contribution is -0.164. The molecule has 0 heterocycles. The Morgan fingerprint density at radius 3 is 2.00 bits per heavy atom. The van der Waals surface area contributed by atoms with Gasteiger partial charge in [0.05, 0.1) is 19.3 Å². The van der Waals surface area contributed by atoms with Crippen LogP contribution in [0.4, 0.5) is 0 Å². The van der Waals surface area contributed by atoms with Crippen LogP contribution in [-0.4, -0.2) is 36.4 Å². The van der Waals surface area contributed by atoms with Gasteiger partial charge in [0.2, 0.25) is 0 Å². The molecular formula is C16H26O5. The number of carbonyl (C=O) groups excluding carboxylic acids is 2. The predicted octanol–water partition coefficient (Wildman–Crippen LogP) is 2.25. The van der Waals surface area contributed by atoms with Crippen molar-refractivity contribution in [2.24, 2.45) is 11.8 Å². The second kappa shape index (κ2) is 10.2. The van der Waals surface area contributed by atoms with E-state index in [9.17, 15) is 14.7 Å². The lowest BCUT2D eigenvalue weighted by Crippen LogP contribution is -2.36. The molecule has 0 unspecified atom stereocenters. The van der Waals surface area contributed by atoms with Crippen LogP contribution >= 0.6 is 0 Å². The Kier molecular flexibility index (Phi) is 9.37. The summed E-state index contributed by atoms with van der Waals surface area (Å²) >= 11 is 0. The summed E-state index contributed by atoms with van der Waals surface area (Å²) < 4.78 is 9.92. The highest BCUT2D eigenvalue weighted by Crippen LogP contribution is 2.28. The van der Waals surface area contributed by atoms with Gasteiger partial charge >= 0.3 is 11.9 Å². The standard InChI is InChI=1S/C16H26O5/c1-6-9-12(17)10-13(11(4)5)14(15(18)20-7-2)16(19)21-8-3/h6,12-14,17H,1,4,7-10H2,2-3,5H3/t12-,13+/m1/s1. The number of allylic oxidation sites excluding steroid dienone is 1. The predicted molar refractivity (Wildman–Crippen MR) is 80.5 cm³/mol. The zero-order valence-electron chi connectivity index (χ0n) is 13.1. The molecule has 2 atom stereocenters. The van der Waals surface area contributed by atoms with Crippen LogP contribution in [0.25, 0.3) is 0 Å². The van der Waals surface area contributed by atoms with Gasteiger partial charge in [-0.2, -0.15) is 0 Å². The maximum Gasteiger partial charge on any atom is 0.320 e. The molecule has 5 nitrogen and oxygen atoms in total. The Bertz CT molecular complexity index is 357. The lowest BCUT2D eigenvalue weighted by Gasteiger charge is -2.26. The molecule has 0 rings (SSSR count). The Hall–Kier alpha value is -1.62. The second-order valence-corrected chi connectivity index (χ2v) is 4.85. The molecule has 0 fully saturated rings. The third-order valence-electron chi connectivity index (χ3n) is 3.08. The van der Waals surface area contributed by atoms with Crippen molar-refractivity contribution in [1.82, 2.24) is 0 Å². The summed E-state index contributed by atoms with van der Waals surface area (Å²) in [6, 6.07) is 0. The van der Waals surface area contributed by atoms with E-state index in [1.54, 1.807) is 26.8 Å². The summed E-state index contributed by atoms with van der Waals surface area (Å²) in [6.45, 7) is 12.8. The Morgan fingerprint density at radius 2 is 1.67 bits per heavy atom. The average Bonchev–Trinajstić information content (AvgIpc) is 2.38. The van der Waals surface area contributed by atoms with Crippen molar-refractivity contribution in [2.45, 2.75) is 39.7 Å². The van der Waals surface area contributed by atoms with Crippen LogP contribution in [0.5, 0.6) is 0 Å². The first-order valence-corrected chi connectivity index (χ1v) is 7.16. The topological polar surface area (TPSA) is 72.8 Å². The summed E-state index contributed by atoms with van der Waals surface area (Å²) in [6.07, 6.45) is 1.49. The minimum absolute atomic E-state index is 0.173. The fourth-order valence-corrected chi connectivity index (χ4v) is 2.09. The van der Waals surface area contributed by atoms with E-state index in [1.807, 2.05) is 0 Å². The lowest BCUT2D eigenvalue weighted by atomic mass is 9.82. The van der Waals surface area contributed by atoms with Gasteiger partial charge < -0.3 is 14.6 Å². The van der Waals surface area contributed by atoms with E-state index in [4.69, 9.17) is 9.47 Å². The summed E-state index contributed by atoms with van der Waals surface area (Å²) in [7, 11) is 0.